The van der Waals surface area contributed by atoms with Crippen molar-refractivity contribution in [3.8, 4) is 0 Å². The fourth-order valence-corrected chi connectivity index (χ4v) is 8.60. The zero-order valence-electron chi connectivity index (χ0n) is 35.6. The number of methoxy groups -OCH3 is 2. The second-order valence-corrected chi connectivity index (χ2v) is 17.6. The minimum absolute atomic E-state index is 0.0408. The second-order valence-electron chi connectivity index (χ2n) is 17.6. The number of aromatic nitrogens is 4. The Hall–Kier alpha value is -2.88. The summed E-state index contributed by atoms with van der Waals surface area (Å²) in [6, 6.07) is 0. The van der Waals surface area contributed by atoms with E-state index in [9.17, 15) is 9.59 Å². The maximum Gasteiger partial charge on any atom is 0.223 e. The fraction of sp³-hybridized carbons (Fsp3) is 0.805. The molecule has 0 bridgehead atoms. The number of rotatable bonds is 23. The van der Waals surface area contributed by atoms with Gasteiger partial charge in [0.15, 0.2) is 0 Å². The van der Waals surface area contributed by atoms with E-state index in [0.717, 1.165) is 89.9 Å². The van der Waals surface area contributed by atoms with Gasteiger partial charge in [-0.05, 0) is 76.9 Å². The Morgan fingerprint density at radius 1 is 0.855 bits per heavy atom. The third-order valence-electron chi connectivity index (χ3n) is 12.2. The highest BCUT2D eigenvalue weighted by Gasteiger charge is 2.43. The number of ether oxygens (including phenoxy) is 2. The highest BCUT2D eigenvalue weighted by molar-refractivity contribution is 5.80. The predicted molar refractivity (Wildman–Crippen MR) is 218 cm³/mol. The van der Waals surface area contributed by atoms with Crippen molar-refractivity contribution in [3.05, 3.63) is 34.9 Å². The van der Waals surface area contributed by atoms with E-state index < -0.39 is 0 Å². The first-order valence-electron chi connectivity index (χ1n) is 20.6. The van der Waals surface area contributed by atoms with Crippen molar-refractivity contribution in [1.29, 1.82) is 0 Å². The van der Waals surface area contributed by atoms with Gasteiger partial charge in [0, 0.05) is 120 Å². The van der Waals surface area contributed by atoms with Crippen LogP contribution in [0.3, 0.4) is 0 Å². The van der Waals surface area contributed by atoms with Gasteiger partial charge in [-0.25, -0.2) is 0 Å². The average Bonchev–Trinajstić information content (AvgIpc) is 3.77. The molecule has 2 heterocycles. The summed E-state index contributed by atoms with van der Waals surface area (Å²) in [5.74, 6) is 0.672. The molecule has 2 aromatic heterocycles. The average molecular weight is 771 g/mol. The Labute approximate surface area is 331 Å². The lowest BCUT2D eigenvalue weighted by molar-refractivity contribution is -0.131. The standard InChI is InChI=1S/C41H74N10O4/c1-40(2)13-11-30(23-34(40)38(52)44-15-10-21-54-8)36-32(25-46-47-36)26-50(7)20-17-43-29-51-28-33(27-49(6)19-16-42-5)37(48-51)31-12-14-41(3,4)35(24-31)39(53)45-18-22-55-9/h25,28,30-31,34-35,42-43H,10-24,26-27,29H2,1-9H3,(H,44,52)(H,45,53)(H,46,47)/t30-,31+,34+,35+/m0/s1. The first-order chi connectivity index (χ1) is 26.3. The molecule has 0 aliphatic heterocycles. The summed E-state index contributed by atoms with van der Waals surface area (Å²) in [4.78, 5) is 31.3. The Morgan fingerprint density at radius 3 is 2.11 bits per heavy atom. The molecule has 5 N–H and O–H groups in total. The molecule has 2 aliphatic rings. The van der Waals surface area contributed by atoms with Crippen LogP contribution in [0.25, 0.3) is 0 Å². The topological polar surface area (TPSA) is 154 Å². The van der Waals surface area contributed by atoms with Crippen LogP contribution < -0.4 is 21.3 Å². The van der Waals surface area contributed by atoms with E-state index in [2.05, 4.69) is 89.3 Å². The van der Waals surface area contributed by atoms with Gasteiger partial charge in [0.1, 0.15) is 0 Å². The van der Waals surface area contributed by atoms with Crippen molar-refractivity contribution in [2.24, 2.45) is 22.7 Å². The van der Waals surface area contributed by atoms with E-state index in [-0.39, 0.29) is 46.3 Å². The quantitative estimate of drug-likeness (QED) is 0.106. The van der Waals surface area contributed by atoms with Crippen LogP contribution in [0, 0.1) is 22.7 Å². The molecular weight excluding hydrogens is 697 g/mol. The van der Waals surface area contributed by atoms with Crippen molar-refractivity contribution >= 4 is 11.8 Å². The summed E-state index contributed by atoms with van der Waals surface area (Å²) in [5.41, 5.74) is 4.64. The number of amides is 2. The number of aromatic amines is 1. The Balaban J connectivity index is 1.34. The lowest BCUT2D eigenvalue weighted by Gasteiger charge is -2.41. The number of carbonyl (C=O) groups excluding carboxylic acids is 2. The van der Waals surface area contributed by atoms with Gasteiger partial charge in [-0.2, -0.15) is 10.2 Å². The lowest BCUT2D eigenvalue weighted by atomic mass is 9.64. The van der Waals surface area contributed by atoms with E-state index in [1.165, 1.54) is 16.8 Å². The van der Waals surface area contributed by atoms with Crippen molar-refractivity contribution in [1.82, 2.24) is 51.0 Å². The number of nitrogens with zero attached hydrogens (tertiary/aromatic N) is 5. The summed E-state index contributed by atoms with van der Waals surface area (Å²) >= 11 is 0. The molecule has 14 nitrogen and oxygen atoms in total. The second kappa shape index (κ2) is 21.6. The van der Waals surface area contributed by atoms with Gasteiger partial charge in [0.05, 0.1) is 25.2 Å². The molecule has 2 aliphatic carbocycles. The summed E-state index contributed by atoms with van der Waals surface area (Å²) in [5, 5.41) is 26.1. The number of hydrogen-bond acceptors (Lipinski definition) is 10. The maximum absolute atomic E-state index is 13.3. The minimum Gasteiger partial charge on any atom is -0.385 e. The highest BCUT2D eigenvalue weighted by Crippen LogP contribution is 2.48. The molecule has 312 valence electrons. The Morgan fingerprint density at radius 2 is 1.45 bits per heavy atom. The van der Waals surface area contributed by atoms with Gasteiger partial charge in [-0.1, -0.05) is 27.7 Å². The molecule has 55 heavy (non-hydrogen) atoms. The van der Waals surface area contributed by atoms with Crippen LogP contribution in [0.2, 0.25) is 0 Å². The number of hydrogen-bond donors (Lipinski definition) is 5. The molecule has 2 amide bonds. The van der Waals surface area contributed by atoms with Crippen LogP contribution in [0.1, 0.15) is 107 Å². The summed E-state index contributed by atoms with van der Waals surface area (Å²) in [7, 11) is 9.64. The van der Waals surface area contributed by atoms with Crippen molar-refractivity contribution < 1.29 is 19.1 Å². The van der Waals surface area contributed by atoms with Crippen molar-refractivity contribution in [3.63, 3.8) is 0 Å². The molecule has 0 unspecified atom stereocenters. The van der Waals surface area contributed by atoms with Gasteiger partial charge in [-0.3, -0.25) is 24.7 Å². The third kappa shape index (κ3) is 13.1. The van der Waals surface area contributed by atoms with E-state index >= 15 is 0 Å². The first-order valence-corrected chi connectivity index (χ1v) is 20.6. The minimum atomic E-state index is -0.0744. The largest absolute Gasteiger partial charge is 0.385 e. The van der Waals surface area contributed by atoms with Crippen LogP contribution in [-0.4, -0.2) is 129 Å². The zero-order chi connectivity index (χ0) is 40.0. The van der Waals surface area contributed by atoms with E-state index in [1.807, 2.05) is 17.9 Å². The third-order valence-corrected chi connectivity index (χ3v) is 12.2. The monoisotopic (exact) mass is 771 g/mol. The Bertz CT molecular complexity index is 1460. The molecule has 2 aromatic rings. The van der Waals surface area contributed by atoms with Crippen LogP contribution in [0.4, 0.5) is 0 Å². The molecule has 0 saturated heterocycles. The van der Waals surface area contributed by atoms with E-state index in [1.54, 1.807) is 14.2 Å². The first kappa shape index (κ1) is 44.8. The summed E-state index contributed by atoms with van der Waals surface area (Å²) < 4.78 is 12.4. The van der Waals surface area contributed by atoms with Crippen LogP contribution >= 0.6 is 0 Å². The Kier molecular flexibility index (Phi) is 17.6. The van der Waals surface area contributed by atoms with Crippen molar-refractivity contribution in [2.45, 2.75) is 104 Å². The number of H-pyrrole nitrogens is 1. The predicted octanol–water partition coefficient (Wildman–Crippen LogP) is 3.67. The molecule has 2 fully saturated rings. The normalized spacial score (nSPS) is 22.3. The van der Waals surface area contributed by atoms with E-state index in [0.29, 0.717) is 33.0 Å². The van der Waals surface area contributed by atoms with Gasteiger partial charge >= 0.3 is 0 Å². The smallest absolute Gasteiger partial charge is 0.223 e. The van der Waals surface area contributed by atoms with Gasteiger partial charge in [-0.15, -0.1) is 0 Å². The van der Waals surface area contributed by atoms with Crippen LogP contribution in [0.5, 0.6) is 0 Å². The molecule has 2 saturated carbocycles. The van der Waals surface area contributed by atoms with Crippen LogP contribution in [0.15, 0.2) is 12.4 Å². The van der Waals surface area contributed by atoms with Crippen LogP contribution in [-0.2, 0) is 38.8 Å². The van der Waals surface area contributed by atoms with Gasteiger partial charge in [0.25, 0.3) is 0 Å². The summed E-state index contributed by atoms with van der Waals surface area (Å²) in [6.45, 7) is 17.0. The zero-order valence-corrected chi connectivity index (χ0v) is 35.6. The number of likely N-dealkylation sites (N-methyl/N-ethyl adjacent to an activating group) is 3. The lowest BCUT2D eigenvalue weighted by Crippen LogP contribution is -2.43. The summed E-state index contributed by atoms with van der Waals surface area (Å²) in [6.07, 6.45) is 10.6. The highest BCUT2D eigenvalue weighted by atomic mass is 16.5. The molecular formula is C41H74N10O4. The number of carbonyl (C=O) groups is 2. The van der Waals surface area contributed by atoms with E-state index in [4.69, 9.17) is 14.6 Å². The molecule has 4 atom stereocenters. The molecule has 0 radical (unpaired) electrons. The van der Waals surface area contributed by atoms with Gasteiger partial charge < -0.3 is 35.2 Å². The van der Waals surface area contributed by atoms with Gasteiger partial charge in [0.2, 0.25) is 11.8 Å². The molecule has 14 heteroatoms. The number of nitrogens with one attached hydrogen (secondary N) is 5. The van der Waals surface area contributed by atoms with Crippen molar-refractivity contribution in [2.75, 3.05) is 87.8 Å². The SMILES string of the molecule is CNCCN(C)Cc1cn(CNCCN(C)Cc2cn[nH]c2[C@H]2CCC(C)(C)[C@@H](C(=O)NCCCOC)C2)nc1[C@@H]1CCC(C)(C)[C@@H](C(=O)NCCOC)C1. The molecule has 4 rings (SSSR count). The maximum atomic E-state index is 13.3. The molecule has 0 spiro atoms. The molecule has 0 aromatic carbocycles. The fourth-order valence-electron chi connectivity index (χ4n) is 8.60.